The SMILES string of the molecule is C=C(OP(=O)(O)O)C(=O)O.CC(=O)C(=O)O. The summed E-state index contributed by atoms with van der Waals surface area (Å²) in [4.78, 5) is 44.7. The van der Waals surface area contributed by atoms with Gasteiger partial charge in [0.2, 0.25) is 11.5 Å². The second-order valence-corrected chi connectivity index (χ2v) is 3.34. The summed E-state index contributed by atoms with van der Waals surface area (Å²) in [5, 5.41) is 15.6. The van der Waals surface area contributed by atoms with E-state index in [1.807, 2.05) is 0 Å². The summed E-state index contributed by atoms with van der Waals surface area (Å²) in [5.41, 5.74) is 0. The molecular weight excluding hydrogens is 247 g/mol. The molecule has 0 aliphatic rings. The number of carbonyl (C=O) groups excluding carboxylic acids is 1. The second-order valence-electron chi connectivity index (χ2n) is 2.17. The minimum atomic E-state index is -4.76. The van der Waals surface area contributed by atoms with E-state index < -0.39 is 31.3 Å². The van der Waals surface area contributed by atoms with Crippen LogP contribution in [0.15, 0.2) is 12.3 Å². The summed E-state index contributed by atoms with van der Waals surface area (Å²) in [5.74, 6) is -4.79. The molecule has 0 spiro atoms. The fourth-order valence-corrected chi connectivity index (χ4v) is 0.548. The Hall–Kier alpha value is -1.70. The number of phosphoric acid groups is 1. The highest BCUT2D eigenvalue weighted by atomic mass is 31.2. The molecule has 10 heteroatoms. The molecule has 0 aromatic carbocycles. The predicted octanol–water partition coefficient (Wildman–Crippen LogP) is -0.646. The van der Waals surface area contributed by atoms with E-state index in [-0.39, 0.29) is 0 Å². The molecule has 0 unspecified atom stereocenters. The number of Topliss-reactive ketones (excluding diaryl/α,β-unsaturated/α-hetero) is 1. The number of aliphatic carboxylic acids is 2. The van der Waals surface area contributed by atoms with Crippen molar-refractivity contribution in [3.05, 3.63) is 12.3 Å². The molecule has 0 aromatic heterocycles. The van der Waals surface area contributed by atoms with Crippen LogP contribution in [0.5, 0.6) is 0 Å². The molecular formula is C6H9O9P. The Labute approximate surface area is 89.2 Å². The van der Waals surface area contributed by atoms with Gasteiger partial charge in [-0.15, -0.1) is 0 Å². The summed E-state index contributed by atoms with van der Waals surface area (Å²) < 4.78 is 13.5. The molecule has 0 saturated heterocycles. The van der Waals surface area contributed by atoms with E-state index in [1.165, 1.54) is 0 Å². The molecule has 0 rings (SSSR count). The number of carboxylic acids is 2. The van der Waals surface area contributed by atoms with Crippen LogP contribution < -0.4 is 0 Å². The first-order valence-corrected chi connectivity index (χ1v) is 4.91. The van der Waals surface area contributed by atoms with Gasteiger partial charge in [-0.3, -0.25) is 14.6 Å². The van der Waals surface area contributed by atoms with Crippen molar-refractivity contribution in [2.24, 2.45) is 0 Å². The lowest BCUT2D eigenvalue weighted by Crippen LogP contribution is -2.05. The third-order valence-corrected chi connectivity index (χ3v) is 1.23. The molecule has 0 bridgehead atoms. The number of ketones is 1. The molecule has 16 heavy (non-hydrogen) atoms. The van der Waals surface area contributed by atoms with Crippen molar-refractivity contribution in [1.29, 1.82) is 0 Å². The summed E-state index contributed by atoms with van der Waals surface area (Å²) >= 11 is 0. The predicted molar refractivity (Wildman–Crippen MR) is 48.2 cm³/mol. The third-order valence-electron chi connectivity index (χ3n) is 0.769. The number of rotatable bonds is 4. The topological polar surface area (TPSA) is 158 Å². The highest BCUT2D eigenvalue weighted by Gasteiger charge is 2.19. The lowest BCUT2D eigenvalue weighted by Gasteiger charge is -2.03. The van der Waals surface area contributed by atoms with E-state index in [1.54, 1.807) is 0 Å². The van der Waals surface area contributed by atoms with Gasteiger partial charge >= 0.3 is 19.8 Å². The minimum Gasteiger partial charge on any atom is -0.476 e. The molecule has 0 aliphatic heterocycles. The van der Waals surface area contributed by atoms with Crippen molar-refractivity contribution in [3.63, 3.8) is 0 Å². The number of phosphoric ester groups is 1. The average Bonchev–Trinajstić information content (AvgIpc) is 2.01. The van der Waals surface area contributed by atoms with Gasteiger partial charge in [0.25, 0.3) is 0 Å². The summed E-state index contributed by atoms with van der Waals surface area (Å²) in [6.07, 6.45) is 0. The van der Waals surface area contributed by atoms with Crippen molar-refractivity contribution in [2.45, 2.75) is 6.92 Å². The number of hydrogen-bond acceptors (Lipinski definition) is 5. The molecule has 0 atom stereocenters. The molecule has 0 aromatic rings. The van der Waals surface area contributed by atoms with Gasteiger partial charge in [-0.05, 0) is 6.58 Å². The van der Waals surface area contributed by atoms with E-state index in [9.17, 15) is 18.9 Å². The van der Waals surface area contributed by atoms with E-state index in [0.29, 0.717) is 0 Å². The van der Waals surface area contributed by atoms with Crippen molar-refractivity contribution < 1.29 is 43.5 Å². The molecule has 0 fully saturated rings. The first-order chi connectivity index (χ1) is 6.97. The van der Waals surface area contributed by atoms with Gasteiger partial charge in [0, 0.05) is 6.92 Å². The Morgan fingerprint density at radius 2 is 1.44 bits per heavy atom. The largest absolute Gasteiger partial charge is 0.525 e. The van der Waals surface area contributed by atoms with Gasteiger partial charge in [-0.1, -0.05) is 0 Å². The Morgan fingerprint density at radius 3 is 1.50 bits per heavy atom. The maximum absolute atomic E-state index is 9.89. The van der Waals surface area contributed by atoms with Crippen LogP contribution in [0.4, 0.5) is 0 Å². The maximum atomic E-state index is 9.89. The molecule has 4 N–H and O–H groups in total. The van der Waals surface area contributed by atoms with Crippen molar-refractivity contribution in [1.82, 2.24) is 0 Å². The van der Waals surface area contributed by atoms with Gasteiger partial charge in [0.15, 0.2) is 0 Å². The van der Waals surface area contributed by atoms with Crippen LogP contribution in [0, 0.1) is 0 Å². The average molecular weight is 256 g/mol. The minimum absolute atomic E-state index is 0.824. The molecule has 0 radical (unpaired) electrons. The standard InChI is InChI=1S/C3H5O6P.C3H4O3/c1-2(3(4)5)9-10(6,7)8;1-2(4)3(5)6/h1H2,(H,4,5)(H2,6,7,8);1H3,(H,5,6). The first kappa shape index (κ1) is 16.7. The fourth-order valence-electron chi connectivity index (χ4n) is 0.183. The number of hydrogen-bond donors (Lipinski definition) is 4. The van der Waals surface area contributed by atoms with E-state index in [4.69, 9.17) is 20.0 Å². The maximum Gasteiger partial charge on any atom is 0.525 e. The Balaban J connectivity index is 0. The van der Waals surface area contributed by atoms with Gasteiger partial charge in [-0.2, -0.15) is 0 Å². The number of carboxylic acid groups (broad SMARTS) is 2. The van der Waals surface area contributed by atoms with Crippen molar-refractivity contribution >= 4 is 25.5 Å². The molecule has 0 heterocycles. The summed E-state index contributed by atoms with van der Waals surface area (Å²) in [7, 11) is -4.76. The van der Waals surface area contributed by atoms with E-state index in [0.717, 1.165) is 6.92 Å². The van der Waals surface area contributed by atoms with Crippen molar-refractivity contribution in [3.8, 4) is 0 Å². The fraction of sp³-hybridized carbons (Fsp3) is 0.167. The normalized spacial score (nSPS) is 9.44. The van der Waals surface area contributed by atoms with Crippen molar-refractivity contribution in [2.75, 3.05) is 0 Å². The van der Waals surface area contributed by atoms with Gasteiger partial charge < -0.3 is 14.7 Å². The van der Waals surface area contributed by atoms with E-state index in [2.05, 4.69) is 11.1 Å². The Kier molecular flexibility index (Phi) is 7.03. The van der Waals surface area contributed by atoms with Crippen LogP contribution in [0.25, 0.3) is 0 Å². The smallest absolute Gasteiger partial charge is 0.476 e. The van der Waals surface area contributed by atoms with Crippen LogP contribution in [0.3, 0.4) is 0 Å². The van der Waals surface area contributed by atoms with Crippen LogP contribution in [-0.4, -0.2) is 37.7 Å². The summed E-state index contributed by atoms with van der Waals surface area (Å²) in [6, 6.07) is 0. The van der Waals surface area contributed by atoms with Crippen LogP contribution in [-0.2, 0) is 23.5 Å². The highest BCUT2D eigenvalue weighted by molar-refractivity contribution is 7.46. The van der Waals surface area contributed by atoms with Gasteiger partial charge in [-0.25, -0.2) is 14.2 Å². The lowest BCUT2D eigenvalue weighted by atomic mass is 10.5. The number of carbonyl (C=O) groups is 3. The third kappa shape index (κ3) is 12.3. The van der Waals surface area contributed by atoms with E-state index >= 15 is 0 Å². The molecule has 0 aliphatic carbocycles. The Bertz CT molecular complexity index is 339. The molecule has 9 nitrogen and oxygen atoms in total. The molecule has 0 amide bonds. The van der Waals surface area contributed by atoms with Gasteiger partial charge in [0.05, 0.1) is 0 Å². The zero-order valence-electron chi connectivity index (χ0n) is 7.98. The van der Waals surface area contributed by atoms with Gasteiger partial charge in [0.1, 0.15) is 0 Å². The first-order valence-electron chi connectivity index (χ1n) is 3.38. The highest BCUT2D eigenvalue weighted by Crippen LogP contribution is 2.38. The lowest BCUT2D eigenvalue weighted by molar-refractivity contribution is -0.148. The summed E-state index contributed by atoms with van der Waals surface area (Å²) in [6.45, 7) is 3.73. The monoisotopic (exact) mass is 256 g/mol. The zero-order chi connectivity index (χ0) is 13.5. The second kappa shape index (κ2) is 6.72. The Morgan fingerprint density at radius 1 is 1.12 bits per heavy atom. The molecule has 92 valence electrons. The zero-order valence-corrected chi connectivity index (χ0v) is 8.88. The molecule has 0 saturated carbocycles. The van der Waals surface area contributed by atoms with Crippen LogP contribution >= 0.6 is 7.82 Å². The van der Waals surface area contributed by atoms with Crippen LogP contribution in [0.1, 0.15) is 6.92 Å². The quantitative estimate of drug-likeness (QED) is 0.222. The van der Waals surface area contributed by atoms with Crippen LogP contribution in [0.2, 0.25) is 0 Å².